The smallest absolute Gasteiger partial charge is 0.122 e. The molecule has 2 rings (SSSR count). The average molecular weight is 221 g/mol. The average Bonchev–Trinajstić information content (AvgIpc) is 2.30. The van der Waals surface area contributed by atoms with E-state index in [1.807, 2.05) is 13.0 Å². The van der Waals surface area contributed by atoms with Gasteiger partial charge in [0, 0.05) is 5.56 Å². The van der Waals surface area contributed by atoms with Crippen molar-refractivity contribution in [1.29, 1.82) is 0 Å². The number of aromatic hydroxyl groups is 1. The Morgan fingerprint density at radius 1 is 1.31 bits per heavy atom. The van der Waals surface area contributed by atoms with Gasteiger partial charge >= 0.3 is 0 Å². The molecule has 0 aliphatic carbocycles. The molecule has 1 aromatic rings. The van der Waals surface area contributed by atoms with E-state index in [9.17, 15) is 5.11 Å². The van der Waals surface area contributed by atoms with Crippen LogP contribution in [0.1, 0.15) is 29.9 Å². The molecule has 0 aromatic heterocycles. The Balaban J connectivity index is 2.31. The molecule has 1 aromatic carbocycles. The van der Waals surface area contributed by atoms with Crippen molar-refractivity contribution in [1.82, 2.24) is 5.32 Å². The van der Waals surface area contributed by atoms with Crippen LogP contribution in [-0.4, -0.2) is 25.3 Å². The number of nitrogens with one attached hydrogen (secondary N) is 1. The second-order valence-electron chi connectivity index (χ2n) is 4.40. The highest BCUT2D eigenvalue weighted by Crippen LogP contribution is 2.36. The van der Waals surface area contributed by atoms with E-state index in [-0.39, 0.29) is 0 Å². The predicted octanol–water partition coefficient (Wildman–Crippen LogP) is 2.18. The first-order valence-corrected chi connectivity index (χ1v) is 5.80. The molecule has 0 bridgehead atoms. The van der Waals surface area contributed by atoms with Crippen molar-refractivity contribution in [3.8, 4) is 11.5 Å². The Kier molecular flexibility index (Phi) is 3.34. The van der Waals surface area contributed by atoms with Gasteiger partial charge in [-0.05, 0) is 56.5 Å². The van der Waals surface area contributed by atoms with Gasteiger partial charge in [-0.15, -0.1) is 0 Å². The normalized spacial score (nSPS) is 17.4. The summed E-state index contributed by atoms with van der Waals surface area (Å²) in [6.07, 6.45) is 2.17. The number of benzene rings is 1. The van der Waals surface area contributed by atoms with Crippen LogP contribution in [0.3, 0.4) is 0 Å². The van der Waals surface area contributed by atoms with Crippen molar-refractivity contribution in [3.05, 3.63) is 23.3 Å². The van der Waals surface area contributed by atoms with E-state index >= 15 is 0 Å². The third-order valence-electron chi connectivity index (χ3n) is 3.32. The summed E-state index contributed by atoms with van der Waals surface area (Å²) in [4.78, 5) is 0. The largest absolute Gasteiger partial charge is 0.508 e. The zero-order valence-corrected chi connectivity index (χ0v) is 9.92. The molecule has 3 heteroatoms. The van der Waals surface area contributed by atoms with Crippen molar-refractivity contribution in [2.75, 3.05) is 20.2 Å². The van der Waals surface area contributed by atoms with Crippen LogP contribution in [0.5, 0.6) is 11.5 Å². The minimum Gasteiger partial charge on any atom is -0.508 e. The molecule has 1 saturated heterocycles. The van der Waals surface area contributed by atoms with E-state index in [0.29, 0.717) is 11.7 Å². The van der Waals surface area contributed by atoms with Gasteiger partial charge in [-0.25, -0.2) is 0 Å². The maximum Gasteiger partial charge on any atom is 0.122 e. The lowest BCUT2D eigenvalue weighted by atomic mass is 9.89. The highest BCUT2D eigenvalue weighted by Gasteiger charge is 2.19. The second-order valence-corrected chi connectivity index (χ2v) is 4.40. The predicted molar refractivity (Wildman–Crippen MR) is 64.2 cm³/mol. The van der Waals surface area contributed by atoms with Gasteiger partial charge in [0.25, 0.3) is 0 Å². The number of aryl methyl sites for hydroxylation is 1. The van der Waals surface area contributed by atoms with E-state index in [4.69, 9.17) is 4.74 Å². The van der Waals surface area contributed by atoms with Crippen LogP contribution in [-0.2, 0) is 0 Å². The standard InChI is InChI=1S/C13H19NO2/c1-9-7-12(15)11(8-13(9)16-2)10-3-5-14-6-4-10/h7-8,10,14-15H,3-6H2,1-2H3. The first kappa shape index (κ1) is 11.3. The number of phenolic OH excluding ortho intramolecular Hbond substituents is 1. The SMILES string of the molecule is COc1cc(C2CCNCC2)c(O)cc1C. The Hall–Kier alpha value is -1.22. The number of phenols is 1. The van der Waals surface area contributed by atoms with Gasteiger partial charge in [0.2, 0.25) is 0 Å². The lowest BCUT2D eigenvalue weighted by molar-refractivity contribution is 0.398. The fourth-order valence-electron chi connectivity index (χ4n) is 2.37. The van der Waals surface area contributed by atoms with E-state index in [0.717, 1.165) is 42.8 Å². The summed E-state index contributed by atoms with van der Waals surface area (Å²) in [6.45, 7) is 4.01. The first-order chi connectivity index (χ1) is 7.72. The van der Waals surface area contributed by atoms with Crippen LogP contribution in [0.15, 0.2) is 12.1 Å². The van der Waals surface area contributed by atoms with E-state index in [1.165, 1.54) is 0 Å². The molecule has 1 aliphatic rings. The molecule has 2 N–H and O–H groups in total. The van der Waals surface area contributed by atoms with Gasteiger partial charge in [-0.3, -0.25) is 0 Å². The molecule has 1 aliphatic heterocycles. The topological polar surface area (TPSA) is 41.5 Å². The van der Waals surface area contributed by atoms with E-state index in [1.54, 1.807) is 13.2 Å². The zero-order chi connectivity index (χ0) is 11.5. The minimum absolute atomic E-state index is 0.408. The van der Waals surface area contributed by atoms with Crippen LogP contribution < -0.4 is 10.1 Å². The van der Waals surface area contributed by atoms with Crippen molar-refractivity contribution in [2.24, 2.45) is 0 Å². The van der Waals surface area contributed by atoms with Crippen molar-refractivity contribution < 1.29 is 9.84 Å². The van der Waals surface area contributed by atoms with Gasteiger partial charge in [0.15, 0.2) is 0 Å². The van der Waals surface area contributed by atoms with E-state index in [2.05, 4.69) is 5.32 Å². The Morgan fingerprint density at radius 3 is 2.62 bits per heavy atom. The zero-order valence-electron chi connectivity index (χ0n) is 9.92. The molecular weight excluding hydrogens is 202 g/mol. The number of methoxy groups -OCH3 is 1. The molecule has 0 radical (unpaired) electrons. The number of piperidine rings is 1. The molecule has 0 atom stereocenters. The van der Waals surface area contributed by atoms with Gasteiger partial charge in [-0.1, -0.05) is 0 Å². The second kappa shape index (κ2) is 4.74. The fraction of sp³-hybridized carbons (Fsp3) is 0.538. The first-order valence-electron chi connectivity index (χ1n) is 5.80. The van der Waals surface area contributed by atoms with Crippen LogP contribution in [0.4, 0.5) is 0 Å². The number of ether oxygens (including phenoxy) is 1. The number of hydrogen-bond donors (Lipinski definition) is 2. The van der Waals surface area contributed by atoms with Crippen LogP contribution in [0.25, 0.3) is 0 Å². The number of rotatable bonds is 2. The molecule has 0 saturated carbocycles. The van der Waals surface area contributed by atoms with E-state index < -0.39 is 0 Å². The molecule has 16 heavy (non-hydrogen) atoms. The summed E-state index contributed by atoms with van der Waals surface area (Å²) in [5, 5.41) is 13.3. The maximum atomic E-state index is 9.99. The summed E-state index contributed by atoms with van der Waals surface area (Å²) in [6, 6.07) is 3.79. The molecule has 1 fully saturated rings. The Bertz CT molecular complexity index is 370. The lowest BCUT2D eigenvalue weighted by Gasteiger charge is -2.24. The van der Waals surface area contributed by atoms with Crippen molar-refractivity contribution >= 4 is 0 Å². The third kappa shape index (κ3) is 2.14. The van der Waals surface area contributed by atoms with Gasteiger partial charge in [-0.2, -0.15) is 0 Å². The molecule has 0 amide bonds. The highest BCUT2D eigenvalue weighted by molar-refractivity contribution is 5.46. The lowest BCUT2D eigenvalue weighted by Crippen LogP contribution is -2.26. The van der Waals surface area contributed by atoms with Crippen LogP contribution in [0.2, 0.25) is 0 Å². The summed E-state index contributed by atoms with van der Waals surface area (Å²) >= 11 is 0. The summed E-state index contributed by atoms with van der Waals surface area (Å²) in [5.41, 5.74) is 2.02. The molecule has 0 unspecified atom stereocenters. The van der Waals surface area contributed by atoms with Gasteiger partial charge in [0.1, 0.15) is 11.5 Å². The summed E-state index contributed by atoms with van der Waals surface area (Å²) in [7, 11) is 1.67. The third-order valence-corrected chi connectivity index (χ3v) is 3.32. The monoisotopic (exact) mass is 221 g/mol. The molecule has 1 heterocycles. The summed E-state index contributed by atoms with van der Waals surface area (Å²) < 4.78 is 5.30. The molecule has 0 spiro atoms. The quantitative estimate of drug-likeness (QED) is 0.804. The van der Waals surface area contributed by atoms with Crippen LogP contribution >= 0.6 is 0 Å². The highest BCUT2D eigenvalue weighted by atomic mass is 16.5. The van der Waals surface area contributed by atoms with Gasteiger partial charge in [0.05, 0.1) is 7.11 Å². The minimum atomic E-state index is 0.408. The molecule has 3 nitrogen and oxygen atoms in total. The van der Waals surface area contributed by atoms with Crippen molar-refractivity contribution in [3.63, 3.8) is 0 Å². The van der Waals surface area contributed by atoms with Gasteiger partial charge < -0.3 is 15.2 Å². The fourth-order valence-corrected chi connectivity index (χ4v) is 2.37. The van der Waals surface area contributed by atoms with Crippen LogP contribution in [0, 0.1) is 6.92 Å². The molecular formula is C13H19NO2. The Morgan fingerprint density at radius 2 is 2.00 bits per heavy atom. The van der Waals surface area contributed by atoms with Crippen molar-refractivity contribution in [2.45, 2.75) is 25.7 Å². The maximum absolute atomic E-state index is 9.99. The number of hydrogen-bond acceptors (Lipinski definition) is 3. The molecule has 88 valence electrons. The Labute approximate surface area is 96.4 Å². The summed E-state index contributed by atoms with van der Waals surface area (Å²) in [5.74, 6) is 1.73.